The summed E-state index contributed by atoms with van der Waals surface area (Å²) in [5.41, 5.74) is 0. The second kappa shape index (κ2) is 7.27. The Morgan fingerprint density at radius 1 is 0.933 bits per heavy atom. The third-order valence-electron chi connectivity index (χ3n) is 4.16. The molecule has 0 saturated carbocycles. The van der Waals surface area contributed by atoms with Crippen molar-refractivity contribution in [2.75, 3.05) is 13.1 Å². The highest BCUT2D eigenvalue weighted by Crippen LogP contribution is 2.20. The van der Waals surface area contributed by atoms with Crippen LogP contribution in [0.3, 0.4) is 0 Å². The molecule has 0 aromatic carbocycles. The van der Waals surface area contributed by atoms with Gasteiger partial charge >= 0.3 is 0 Å². The fraction of sp³-hybridized carbons (Fsp3) is 1.00. The maximum atomic E-state index is 2.68. The monoisotopic (exact) mass is 211 g/mol. The molecule has 1 rings (SSSR count). The Labute approximate surface area is 96.2 Å². The van der Waals surface area contributed by atoms with Gasteiger partial charge in [-0.25, -0.2) is 0 Å². The Bertz CT molecular complexity index is 155. The highest BCUT2D eigenvalue weighted by molar-refractivity contribution is 4.73. The predicted octanol–water partition coefficient (Wildman–Crippen LogP) is 4.08. The van der Waals surface area contributed by atoms with Gasteiger partial charge in [-0.1, -0.05) is 46.0 Å². The van der Waals surface area contributed by atoms with Crippen molar-refractivity contribution in [2.24, 2.45) is 5.92 Å². The van der Waals surface area contributed by atoms with Crippen LogP contribution in [0.15, 0.2) is 0 Å². The summed E-state index contributed by atoms with van der Waals surface area (Å²) < 4.78 is 0. The van der Waals surface area contributed by atoms with E-state index >= 15 is 0 Å². The van der Waals surface area contributed by atoms with Gasteiger partial charge in [-0.3, -0.25) is 0 Å². The third-order valence-corrected chi connectivity index (χ3v) is 4.16. The van der Waals surface area contributed by atoms with E-state index in [1.54, 1.807) is 0 Å². The average molecular weight is 211 g/mol. The molecular weight excluding hydrogens is 182 g/mol. The van der Waals surface area contributed by atoms with Gasteiger partial charge in [-0.05, 0) is 38.8 Å². The van der Waals surface area contributed by atoms with Gasteiger partial charge in [0.15, 0.2) is 0 Å². The smallest absolute Gasteiger partial charge is 0.00924 e. The summed E-state index contributed by atoms with van der Waals surface area (Å²) in [4.78, 5) is 2.68. The van der Waals surface area contributed by atoms with Crippen molar-refractivity contribution < 1.29 is 0 Å². The molecule has 1 aliphatic heterocycles. The van der Waals surface area contributed by atoms with E-state index in [9.17, 15) is 0 Å². The molecule has 2 atom stereocenters. The molecular formula is C14H29N. The highest BCUT2D eigenvalue weighted by atomic mass is 15.1. The van der Waals surface area contributed by atoms with Crippen LogP contribution in [0.5, 0.6) is 0 Å². The van der Waals surface area contributed by atoms with Crippen LogP contribution in [-0.4, -0.2) is 24.0 Å². The largest absolute Gasteiger partial charge is 0.301 e. The van der Waals surface area contributed by atoms with Gasteiger partial charge in [0.05, 0.1) is 0 Å². The molecule has 1 heterocycles. The Kier molecular flexibility index (Phi) is 6.31. The maximum Gasteiger partial charge on any atom is 0.00924 e. The van der Waals surface area contributed by atoms with E-state index in [0.29, 0.717) is 0 Å². The topological polar surface area (TPSA) is 3.24 Å². The third kappa shape index (κ3) is 4.55. The van der Waals surface area contributed by atoms with Crippen LogP contribution in [0.4, 0.5) is 0 Å². The molecule has 1 saturated heterocycles. The van der Waals surface area contributed by atoms with Crippen LogP contribution in [-0.2, 0) is 0 Å². The SMILES string of the molecule is CCN1CCCCCCCCC(C)C1C. The van der Waals surface area contributed by atoms with Gasteiger partial charge in [0.25, 0.3) is 0 Å². The lowest BCUT2D eigenvalue weighted by atomic mass is 9.95. The van der Waals surface area contributed by atoms with Crippen LogP contribution < -0.4 is 0 Å². The molecule has 0 radical (unpaired) electrons. The summed E-state index contributed by atoms with van der Waals surface area (Å²) in [5.74, 6) is 0.878. The lowest BCUT2D eigenvalue weighted by Crippen LogP contribution is -2.38. The van der Waals surface area contributed by atoms with Crippen LogP contribution >= 0.6 is 0 Å². The minimum absolute atomic E-state index is 0.785. The summed E-state index contributed by atoms with van der Waals surface area (Å²) in [6.45, 7) is 9.72. The van der Waals surface area contributed by atoms with Crippen molar-refractivity contribution in [3.05, 3.63) is 0 Å². The highest BCUT2D eigenvalue weighted by Gasteiger charge is 2.18. The first-order valence-corrected chi connectivity index (χ1v) is 6.99. The molecule has 0 aromatic rings. The molecule has 15 heavy (non-hydrogen) atoms. The van der Waals surface area contributed by atoms with Crippen molar-refractivity contribution in [1.82, 2.24) is 4.90 Å². The van der Waals surface area contributed by atoms with Crippen molar-refractivity contribution in [3.8, 4) is 0 Å². The molecule has 0 aliphatic carbocycles. The molecule has 0 bridgehead atoms. The number of hydrogen-bond donors (Lipinski definition) is 0. The quantitative estimate of drug-likeness (QED) is 0.632. The Morgan fingerprint density at radius 2 is 1.53 bits per heavy atom. The number of hydrogen-bond acceptors (Lipinski definition) is 1. The zero-order chi connectivity index (χ0) is 11.1. The lowest BCUT2D eigenvalue weighted by molar-refractivity contribution is 0.161. The van der Waals surface area contributed by atoms with E-state index in [2.05, 4.69) is 25.7 Å². The molecule has 0 N–H and O–H groups in total. The number of nitrogens with zero attached hydrogens (tertiary/aromatic N) is 1. The maximum absolute atomic E-state index is 2.68. The first-order chi connectivity index (χ1) is 7.25. The summed E-state index contributed by atoms with van der Waals surface area (Å²) in [6, 6.07) is 0.785. The lowest BCUT2D eigenvalue weighted by Gasteiger charge is -2.32. The van der Waals surface area contributed by atoms with E-state index in [4.69, 9.17) is 0 Å². The first kappa shape index (κ1) is 13.0. The van der Waals surface area contributed by atoms with Crippen LogP contribution in [0.25, 0.3) is 0 Å². The van der Waals surface area contributed by atoms with E-state index in [0.717, 1.165) is 12.0 Å². The van der Waals surface area contributed by atoms with Gasteiger partial charge in [-0.2, -0.15) is 0 Å². The zero-order valence-electron chi connectivity index (χ0n) is 11.0. The zero-order valence-corrected chi connectivity index (χ0v) is 11.0. The van der Waals surface area contributed by atoms with Crippen LogP contribution in [0.2, 0.25) is 0 Å². The van der Waals surface area contributed by atoms with Crippen molar-refractivity contribution in [3.63, 3.8) is 0 Å². The standard InChI is InChI=1S/C14H29N/c1-4-15-12-10-8-6-5-7-9-11-13(2)14(15)3/h13-14H,4-12H2,1-3H3. The molecule has 0 amide bonds. The normalized spacial score (nSPS) is 32.2. The Morgan fingerprint density at radius 3 is 2.20 bits per heavy atom. The molecule has 0 spiro atoms. The molecule has 0 aromatic heterocycles. The van der Waals surface area contributed by atoms with Crippen molar-refractivity contribution >= 4 is 0 Å². The molecule has 1 fully saturated rings. The fourth-order valence-corrected chi connectivity index (χ4v) is 2.74. The van der Waals surface area contributed by atoms with Crippen molar-refractivity contribution in [2.45, 2.75) is 71.8 Å². The summed E-state index contributed by atoms with van der Waals surface area (Å²) in [7, 11) is 0. The molecule has 1 aliphatic rings. The summed E-state index contributed by atoms with van der Waals surface area (Å²) >= 11 is 0. The minimum atomic E-state index is 0.785. The summed E-state index contributed by atoms with van der Waals surface area (Å²) in [5, 5.41) is 0. The Balaban J connectivity index is 2.47. The van der Waals surface area contributed by atoms with Gasteiger partial charge in [-0.15, -0.1) is 0 Å². The van der Waals surface area contributed by atoms with Gasteiger partial charge in [0.1, 0.15) is 0 Å². The predicted molar refractivity (Wildman–Crippen MR) is 68.2 cm³/mol. The number of rotatable bonds is 1. The van der Waals surface area contributed by atoms with Gasteiger partial charge < -0.3 is 4.90 Å². The van der Waals surface area contributed by atoms with Gasteiger partial charge in [0, 0.05) is 6.04 Å². The van der Waals surface area contributed by atoms with Gasteiger partial charge in [0.2, 0.25) is 0 Å². The first-order valence-electron chi connectivity index (χ1n) is 6.99. The molecule has 90 valence electrons. The van der Waals surface area contributed by atoms with E-state index < -0.39 is 0 Å². The van der Waals surface area contributed by atoms with Crippen LogP contribution in [0.1, 0.15) is 65.7 Å². The van der Waals surface area contributed by atoms with E-state index in [-0.39, 0.29) is 0 Å². The van der Waals surface area contributed by atoms with E-state index in [1.165, 1.54) is 58.0 Å². The second-order valence-corrected chi connectivity index (χ2v) is 5.26. The average Bonchev–Trinajstić information content (AvgIpc) is 2.28. The molecule has 1 heteroatoms. The Hall–Kier alpha value is -0.0400. The fourth-order valence-electron chi connectivity index (χ4n) is 2.74. The van der Waals surface area contributed by atoms with Crippen LogP contribution in [0, 0.1) is 5.92 Å². The minimum Gasteiger partial charge on any atom is -0.301 e. The second-order valence-electron chi connectivity index (χ2n) is 5.26. The molecule has 1 nitrogen and oxygen atoms in total. The van der Waals surface area contributed by atoms with Crippen molar-refractivity contribution in [1.29, 1.82) is 0 Å². The summed E-state index contributed by atoms with van der Waals surface area (Å²) in [6.07, 6.45) is 10.1. The molecule has 2 unspecified atom stereocenters. The van der Waals surface area contributed by atoms with E-state index in [1.807, 2.05) is 0 Å².